The zero-order valence-electron chi connectivity index (χ0n) is 10.6. The highest BCUT2D eigenvalue weighted by atomic mass is 35.5. The highest BCUT2D eigenvalue weighted by molar-refractivity contribution is 6.30. The van der Waals surface area contributed by atoms with E-state index in [1.807, 2.05) is 24.3 Å². The number of rotatable bonds is 3. The van der Waals surface area contributed by atoms with Crippen LogP contribution in [0.4, 0.5) is 0 Å². The Hall–Kier alpha value is -1.51. The van der Waals surface area contributed by atoms with Crippen molar-refractivity contribution < 1.29 is 5.11 Å². The molecule has 0 amide bonds. The van der Waals surface area contributed by atoms with Gasteiger partial charge in [0, 0.05) is 17.6 Å². The maximum Gasteiger partial charge on any atom is 0.119 e. The highest BCUT2D eigenvalue weighted by Gasteiger charge is 2.23. The second-order valence-electron chi connectivity index (χ2n) is 4.95. The normalized spacial score (nSPS) is 17.4. The average Bonchev–Trinajstić information content (AvgIpc) is 2.81. The first-order valence-corrected chi connectivity index (χ1v) is 6.90. The highest BCUT2D eigenvalue weighted by Crippen LogP contribution is 2.36. The maximum absolute atomic E-state index is 9.83. The molecule has 2 N–H and O–H groups in total. The summed E-state index contributed by atoms with van der Waals surface area (Å²) in [5, 5.41) is 14.1. The smallest absolute Gasteiger partial charge is 0.119 e. The van der Waals surface area contributed by atoms with Gasteiger partial charge in [-0.15, -0.1) is 0 Å². The first kappa shape index (κ1) is 12.5. The van der Waals surface area contributed by atoms with E-state index < -0.39 is 0 Å². The van der Waals surface area contributed by atoms with E-state index in [4.69, 9.17) is 11.6 Å². The fourth-order valence-electron chi connectivity index (χ4n) is 2.74. The predicted molar refractivity (Wildman–Crippen MR) is 77.5 cm³/mol. The Balaban J connectivity index is 1.72. The van der Waals surface area contributed by atoms with Gasteiger partial charge in [-0.1, -0.05) is 35.9 Å². The molecule has 3 heteroatoms. The van der Waals surface area contributed by atoms with Crippen LogP contribution in [0.2, 0.25) is 5.02 Å². The largest absolute Gasteiger partial charge is 0.508 e. The Bertz CT molecular complexity index is 597. The Morgan fingerprint density at radius 2 is 2.05 bits per heavy atom. The minimum absolute atomic E-state index is 0.320. The zero-order valence-corrected chi connectivity index (χ0v) is 11.3. The van der Waals surface area contributed by atoms with Crippen molar-refractivity contribution in [1.29, 1.82) is 0 Å². The molecule has 0 radical (unpaired) electrons. The topological polar surface area (TPSA) is 32.3 Å². The minimum atomic E-state index is 0.320. The Labute approximate surface area is 118 Å². The van der Waals surface area contributed by atoms with E-state index >= 15 is 0 Å². The number of aromatic hydroxyl groups is 1. The van der Waals surface area contributed by atoms with Crippen molar-refractivity contribution >= 4 is 11.6 Å². The van der Waals surface area contributed by atoms with Gasteiger partial charge in [-0.25, -0.2) is 0 Å². The van der Waals surface area contributed by atoms with E-state index in [0.29, 0.717) is 11.8 Å². The standard InChI is InChI=1S/C16H16ClNO/c17-12-4-1-3-11(9-12)10-18-15-8-7-14-13(15)5-2-6-16(14)19/h1-6,9,15,18-19H,7-8,10H2. The molecule has 0 fully saturated rings. The van der Waals surface area contributed by atoms with E-state index in [9.17, 15) is 5.11 Å². The molecular weight excluding hydrogens is 258 g/mol. The molecule has 98 valence electrons. The molecule has 0 saturated heterocycles. The van der Waals surface area contributed by atoms with Gasteiger partial charge in [-0.05, 0) is 47.7 Å². The molecule has 1 aliphatic carbocycles. The molecule has 2 aromatic carbocycles. The SMILES string of the molecule is Oc1cccc2c1CCC2NCc1cccc(Cl)c1. The lowest BCUT2D eigenvalue weighted by molar-refractivity contribution is 0.469. The number of halogens is 1. The van der Waals surface area contributed by atoms with E-state index in [1.165, 1.54) is 11.1 Å². The molecule has 1 atom stereocenters. The van der Waals surface area contributed by atoms with Crippen LogP contribution < -0.4 is 5.32 Å². The molecule has 0 spiro atoms. The average molecular weight is 274 g/mol. The minimum Gasteiger partial charge on any atom is -0.508 e. The number of fused-ring (bicyclic) bond motifs is 1. The molecule has 3 rings (SSSR count). The maximum atomic E-state index is 9.83. The first-order valence-electron chi connectivity index (χ1n) is 6.52. The summed E-state index contributed by atoms with van der Waals surface area (Å²) in [7, 11) is 0. The van der Waals surface area contributed by atoms with Gasteiger partial charge in [0.1, 0.15) is 5.75 Å². The number of benzene rings is 2. The summed E-state index contributed by atoms with van der Waals surface area (Å²) in [5.41, 5.74) is 3.49. The second-order valence-corrected chi connectivity index (χ2v) is 5.38. The summed E-state index contributed by atoms with van der Waals surface area (Å²) in [6.45, 7) is 0.792. The van der Waals surface area contributed by atoms with Gasteiger partial charge >= 0.3 is 0 Å². The Kier molecular flexibility index (Phi) is 3.45. The van der Waals surface area contributed by atoms with Gasteiger partial charge in [-0.2, -0.15) is 0 Å². The lowest BCUT2D eigenvalue weighted by atomic mass is 10.1. The molecular formula is C16H16ClNO. The van der Waals surface area contributed by atoms with Crippen molar-refractivity contribution in [2.75, 3.05) is 0 Å². The molecule has 1 unspecified atom stereocenters. The summed E-state index contributed by atoms with van der Waals surface area (Å²) >= 11 is 5.98. The number of phenolic OH excluding ortho intramolecular Hbond substituents is 1. The molecule has 0 bridgehead atoms. The lowest BCUT2D eigenvalue weighted by Crippen LogP contribution is -2.18. The van der Waals surface area contributed by atoms with E-state index in [2.05, 4.69) is 17.4 Å². The Morgan fingerprint density at radius 1 is 1.21 bits per heavy atom. The van der Waals surface area contributed by atoms with Gasteiger partial charge in [0.2, 0.25) is 0 Å². The van der Waals surface area contributed by atoms with Crippen LogP contribution in [0.1, 0.15) is 29.2 Å². The molecule has 1 aliphatic rings. The fraction of sp³-hybridized carbons (Fsp3) is 0.250. The van der Waals surface area contributed by atoms with Crippen molar-refractivity contribution in [1.82, 2.24) is 5.32 Å². The summed E-state index contributed by atoms with van der Waals surface area (Å²) in [6, 6.07) is 14.0. The number of nitrogens with one attached hydrogen (secondary N) is 1. The number of hydrogen-bond acceptors (Lipinski definition) is 2. The van der Waals surface area contributed by atoms with Gasteiger partial charge in [-0.3, -0.25) is 0 Å². The number of phenols is 1. The van der Waals surface area contributed by atoms with Crippen LogP contribution in [0.5, 0.6) is 5.75 Å². The van der Waals surface area contributed by atoms with Crippen molar-refractivity contribution in [3.63, 3.8) is 0 Å². The summed E-state index contributed by atoms with van der Waals surface area (Å²) in [4.78, 5) is 0. The lowest BCUT2D eigenvalue weighted by Gasteiger charge is -2.14. The summed E-state index contributed by atoms with van der Waals surface area (Å²) < 4.78 is 0. The molecule has 0 heterocycles. The molecule has 19 heavy (non-hydrogen) atoms. The van der Waals surface area contributed by atoms with E-state index in [-0.39, 0.29) is 0 Å². The van der Waals surface area contributed by atoms with Crippen LogP contribution in [0, 0.1) is 0 Å². The number of hydrogen-bond donors (Lipinski definition) is 2. The summed E-state index contributed by atoms with van der Waals surface area (Å²) in [6.07, 6.45) is 1.97. The van der Waals surface area contributed by atoms with Crippen molar-refractivity contribution in [2.45, 2.75) is 25.4 Å². The van der Waals surface area contributed by atoms with Crippen LogP contribution in [0.15, 0.2) is 42.5 Å². The third-order valence-electron chi connectivity index (χ3n) is 3.69. The van der Waals surface area contributed by atoms with E-state index in [0.717, 1.165) is 30.0 Å². The molecule has 0 saturated carbocycles. The third-order valence-corrected chi connectivity index (χ3v) is 3.92. The third kappa shape index (κ3) is 2.60. The van der Waals surface area contributed by atoms with Crippen molar-refractivity contribution in [2.24, 2.45) is 0 Å². The van der Waals surface area contributed by atoms with Crippen LogP contribution in [-0.2, 0) is 13.0 Å². The molecule has 0 aromatic heterocycles. The van der Waals surface area contributed by atoms with Crippen LogP contribution in [0.3, 0.4) is 0 Å². The zero-order chi connectivity index (χ0) is 13.2. The first-order chi connectivity index (χ1) is 9.24. The van der Waals surface area contributed by atoms with Gasteiger partial charge in [0.25, 0.3) is 0 Å². The summed E-state index contributed by atoms with van der Waals surface area (Å²) in [5.74, 6) is 0.421. The van der Waals surface area contributed by atoms with Crippen molar-refractivity contribution in [3.05, 3.63) is 64.2 Å². The fourth-order valence-corrected chi connectivity index (χ4v) is 2.95. The van der Waals surface area contributed by atoms with Crippen LogP contribution in [-0.4, -0.2) is 5.11 Å². The molecule has 2 nitrogen and oxygen atoms in total. The van der Waals surface area contributed by atoms with Crippen LogP contribution >= 0.6 is 11.6 Å². The Morgan fingerprint density at radius 3 is 2.89 bits per heavy atom. The monoisotopic (exact) mass is 273 g/mol. The second kappa shape index (κ2) is 5.24. The van der Waals surface area contributed by atoms with Gasteiger partial charge < -0.3 is 10.4 Å². The van der Waals surface area contributed by atoms with E-state index in [1.54, 1.807) is 6.07 Å². The molecule has 2 aromatic rings. The van der Waals surface area contributed by atoms with Crippen LogP contribution in [0.25, 0.3) is 0 Å². The van der Waals surface area contributed by atoms with Crippen molar-refractivity contribution in [3.8, 4) is 5.75 Å². The molecule has 0 aliphatic heterocycles. The van der Waals surface area contributed by atoms with Gasteiger partial charge in [0.15, 0.2) is 0 Å². The van der Waals surface area contributed by atoms with Gasteiger partial charge in [0.05, 0.1) is 0 Å². The quantitative estimate of drug-likeness (QED) is 0.891. The predicted octanol–water partition coefficient (Wildman–Crippen LogP) is 3.82.